The van der Waals surface area contributed by atoms with Crippen LogP contribution in [0.3, 0.4) is 0 Å². The first-order chi connectivity index (χ1) is 17.8. The van der Waals surface area contributed by atoms with E-state index in [1.54, 1.807) is 6.26 Å². The van der Waals surface area contributed by atoms with Gasteiger partial charge in [-0.25, -0.2) is 4.98 Å². The molecule has 6 rings (SSSR count). The van der Waals surface area contributed by atoms with Crippen LogP contribution in [0.2, 0.25) is 0 Å². The molecule has 0 aliphatic carbocycles. The molecule has 0 amide bonds. The summed E-state index contributed by atoms with van der Waals surface area (Å²) in [6.07, 6.45) is 3.68. The predicted octanol–water partition coefficient (Wildman–Crippen LogP) is 3.91. The lowest BCUT2D eigenvalue weighted by Crippen LogP contribution is -3.00. The Labute approximate surface area is 236 Å². The molecule has 0 saturated carbocycles. The van der Waals surface area contributed by atoms with E-state index in [0.717, 1.165) is 41.7 Å². The zero-order chi connectivity index (χ0) is 24.2. The van der Waals surface area contributed by atoms with Crippen molar-refractivity contribution in [3.05, 3.63) is 139 Å². The number of imidazole rings is 1. The number of aryl methyl sites for hydroxylation is 2. The number of nitrogens with zero attached hydrogens (tertiary/aromatic N) is 2. The first-order valence-electron chi connectivity index (χ1n) is 12.4. The molecule has 2 aromatic heterocycles. The number of aromatic nitrogens is 2. The lowest BCUT2D eigenvalue weighted by Gasteiger charge is -2.11. The van der Waals surface area contributed by atoms with Crippen LogP contribution in [0, 0.1) is 0 Å². The standard InChI is InChI=1S/C32H27N2OP.HI/c1-4-11-25(12-5-1)20-21-34-30-19-18-26(23-29(30)33-32(34)31-17-10-22-35-31)24-36(27-13-6-2-7-14-27)28-15-8-3-9-16-28;/h1-19,22-23H,20-21,24H2;1H. The van der Waals surface area contributed by atoms with Gasteiger partial charge in [-0.1, -0.05) is 72.8 Å². The molecule has 3 nitrogen and oxygen atoms in total. The molecule has 0 saturated heterocycles. The molecule has 0 N–H and O–H groups in total. The van der Waals surface area contributed by atoms with Crippen molar-refractivity contribution >= 4 is 29.6 Å². The molecule has 5 heteroatoms. The van der Waals surface area contributed by atoms with Crippen molar-refractivity contribution in [2.75, 3.05) is 0 Å². The van der Waals surface area contributed by atoms with Crippen LogP contribution >= 0.6 is 7.92 Å². The van der Waals surface area contributed by atoms with E-state index in [2.05, 4.69) is 114 Å². The van der Waals surface area contributed by atoms with E-state index in [0.29, 0.717) is 0 Å². The minimum Gasteiger partial charge on any atom is -1.00 e. The Morgan fingerprint density at radius 1 is 0.676 bits per heavy atom. The van der Waals surface area contributed by atoms with Gasteiger partial charge in [-0.15, -0.1) is 0 Å². The Bertz CT molecular complexity index is 1510. The molecule has 0 aliphatic rings. The smallest absolute Gasteiger partial charge is 0.177 e. The third kappa shape index (κ3) is 5.71. The van der Waals surface area contributed by atoms with Gasteiger partial charge < -0.3 is 33.0 Å². The molecule has 0 atom stereocenters. The maximum atomic E-state index is 5.77. The second-order valence-electron chi connectivity index (χ2n) is 9.01. The number of fused-ring (bicyclic) bond motifs is 1. The number of hydrogen-bond donors (Lipinski definition) is 0. The number of benzene rings is 4. The van der Waals surface area contributed by atoms with Gasteiger partial charge in [-0.05, 0) is 66.1 Å². The average Bonchev–Trinajstić information content (AvgIpc) is 3.60. The molecule has 37 heavy (non-hydrogen) atoms. The molecule has 4 aromatic carbocycles. The van der Waals surface area contributed by atoms with Crippen molar-refractivity contribution in [2.24, 2.45) is 0 Å². The van der Waals surface area contributed by atoms with Gasteiger partial charge in [-0.2, -0.15) is 0 Å². The Balaban J connectivity index is 0.00000280. The molecular formula is C32H28IN2OP. The monoisotopic (exact) mass is 614 g/mol. The normalized spacial score (nSPS) is 11.1. The van der Waals surface area contributed by atoms with Crippen LogP contribution in [0.15, 0.2) is 132 Å². The average molecular weight is 614 g/mol. The maximum Gasteiger partial charge on any atom is 0.177 e. The largest absolute Gasteiger partial charge is 1.00 e. The van der Waals surface area contributed by atoms with Crippen molar-refractivity contribution in [3.8, 4) is 11.6 Å². The number of furan rings is 1. The Kier molecular flexibility index (Phi) is 8.18. The zero-order valence-corrected chi connectivity index (χ0v) is 23.6. The summed E-state index contributed by atoms with van der Waals surface area (Å²) in [5.74, 6) is 1.69. The van der Waals surface area contributed by atoms with Crippen LogP contribution in [0.25, 0.3) is 22.6 Å². The summed E-state index contributed by atoms with van der Waals surface area (Å²) in [6, 6.07) is 43.2. The molecule has 2 heterocycles. The molecule has 184 valence electrons. The highest BCUT2D eigenvalue weighted by Gasteiger charge is 2.23. The third-order valence-electron chi connectivity index (χ3n) is 6.65. The summed E-state index contributed by atoms with van der Waals surface area (Å²) >= 11 is 0. The van der Waals surface area contributed by atoms with E-state index in [4.69, 9.17) is 9.40 Å². The lowest BCUT2D eigenvalue weighted by molar-refractivity contribution is -0.00000748. The highest BCUT2D eigenvalue weighted by atomic mass is 127. The van der Waals surface area contributed by atoms with E-state index in [1.165, 1.54) is 21.7 Å². The van der Waals surface area contributed by atoms with Gasteiger partial charge >= 0.3 is 0 Å². The van der Waals surface area contributed by atoms with Gasteiger partial charge in [0.15, 0.2) is 11.6 Å². The number of hydrogen-bond acceptors (Lipinski definition) is 2. The van der Waals surface area contributed by atoms with Crippen molar-refractivity contribution < 1.29 is 28.4 Å². The minimum absolute atomic E-state index is 0. The molecule has 0 spiro atoms. The van der Waals surface area contributed by atoms with Crippen molar-refractivity contribution in [2.45, 2.75) is 19.1 Å². The minimum atomic E-state index is -0.965. The second kappa shape index (κ2) is 11.9. The molecule has 0 unspecified atom stereocenters. The number of halogens is 1. The van der Waals surface area contributed by atoms with E-state index < -0.39 is 7.92 Å². The van der Waals surface area contributed by atoms with E-state index >= 15 is 0 Å². The van der Waals surface area contributed by atoms with E-state index in [9.17, 15) is 0 Å². The lowest BCUT2D eigenvalue weighted by atomic mass is 10.1. The molecule has 0 bridgehead atoms. The van der Waals surface area contributed by atoms with Gasteiger partial charge in [0, 0.05) is 6.54 Å². The summed E-state index contributed by atoms with van der Waals surface area (Å²) in [5, 5.41) is 2.86. The topological polar surface area (TPSA) is 31.0 Å². The molecule has 0 radical (unpaired) electrons. The fourth-order valence-corrected chi connectivity index (χ4v) is 7.40. The predicted molar refractivity (Wildman–Crippen MR) is 152 cm³/mol. The van der Waals surface area contributed by atoms with Crippen molar-refractivity contribution in [1.29, 1.82) is 0 Å². The highest BCUT2D eigenvalue weighted by molar-refractivity contribution is 7.72. The van der Waals surface area contributed by atoms with Crippen LogP contribution in [-0.2, 0) is 19.1 Å². The van der Waals surface area contributed by atoms with Gasteiger partial charge in [0.1, 0.15) is 0 Å². The van der Waals surface area contributed by atoms with Crippen LogP contribution in [0.4, 0.5) is 0 Å². The van der Waals surface area contributed by atoms with Gasteiger partial charge in [0.25, 0.3) is 0 Å². The third-order valence-corrected chi connectivity index (χ3v) is 9.47. The van der Waals surface area contributed by atoms with Gasteiger partial charge in [0.2, 0.25) is 0 Å². The molecule has 0 aliphatic heterocycles. The van der Waals surface area contributed by atoms with Crippen LogP contribution < -0.4 is 34.6 Å². The summed E-state index contributed by atoms with van der Waals surface area (Å²) < 4.78 is 8.07. The Morgan fingerprint density at radius 3 is 1.95 bits per heavy atom. The van der Waals surface area contributed by atoms with Crippen LogP contribution in [-0.4, -0.2) is 9.55 Å². The first kappa shape index (κ1) is 25.4. The first-order valence-corrected chi connectivity index (χ1v) is 14.1. The van der Waals surface area contributed by atoms with Gasteiger partial charge in [0.05, 0.1) is 42.0 Å². The van der Waals surface area contributed by atoms with Crippen LogP contribution in [0.5, 0.6) is 0 Å². The summed E-state index contributed by atoms with van der Waals surface area (Å²) in [7, 11) is -0.965. The molecule has 6 aromatic rings. The SMILES string of the molecule is [I-].c1ccc(CCn2c(-c3ccco3)nc3cc(C[PH+](c4ccccc4)c4ccccc4)ccc32)cc1. The van der Waals surface area contributed by atoms with Gasteiger partial charge in [-0.3, -0.25) is 0 Å². The maximum absolute atomic E-state index is 5.77. The van der Waals surface area contributed by atoms with E-state index in [1.807, 2.05) is 12.1 Å². The highest BCUT2D eigenvalue weighted by Crippen LogP contribution is 2.38. The van der Waals surface area contributed by atoms with Crippen molar-refractivity contribution in [3.63, 3.8) is 0 Å². The summed E-state index contributed by atoms with van der Waals surface area (Å²) in [5.41, 5.74) is 4.81. The second-order valence-corrected chi connectivity index (χ2v) is 11.5. The Morgan fingerprint density at radius 2 is 1.32 bits per heavy atom. The molecule has 0 fully saturated rings. The zero-order valence-electron chi connectivity index (χ0n) is 20.4. The summed E-state index contributed by atoms with van der Waals surface area (Å²) in [6.45, 7) is 0.846. The number of rotatable bonds is 8. The molecular weight excluding hydrogens is 586 g/mol. The van der Waals surface area contributed by atoms with Crippen molar-refractivity contribution in [1.82, 2.24) is 9.55 Å². The summed E-state index contributed by atoms with van der Waals surface area (Å²) in [4.78, 5) is 5.06. The fraction of sp³-hybridized carbons (Fsp3) is 0.0938. The van der Waals surface area contributed by atoms with E-state index in [-0.39, 0.29) is 24.0 Å². The quantitative estimate of drug-likeness (QED) is 0.193. The Hall–Kier alpha value is -3.21. The fourth-order valence-electron chi connectivity index (χ4n) is 4.84. The van der Waals surface area contributed by atoms with Crippen LogP contribution in [0.1, 0.15) is 11.1 Å².